The van der Waals surface area contributed by atoms with Crippen LogP contribution in [0.25, 0.3) is 0 Å². The average Bonchev–Trinajstić information content (AvgIpc) is 2.51. The van der Waals surface area contributed by atoms with Crippen LogP contribution in [0.4, 0.5) is 0 Å². The lowest BCUT2D eigenvalue weighted by Gasteiger charge is -2.18. The van der Waals surface area contributed by atoms with E-state index >= 15 is 0 Å². The minimum absolute atomic E-state index is 0.285. The van der Waals surface area contributed by atoms with Crippen molar-refractivity contribution in [1.82, 2.24) is 5.32 Å². The molecule has 2 aromatic carbocycles. The van der Waals surface area contributed by atoms with E-state index in [1.807, 2.05) is 37.4 Å². The molecule has 2 rings (SSSR count). The van der Waals surface area contributed by atoms with Gasteiger partial charge in [0.2, 0.25) is 0 Å². The van der Waals surface area contributed by atoms with Gasteiger partial charge in [0.05, 0.1) is 17.2 Å². The fourth-order valence-electron chi connectivity index (χ4n) is 2.33. The highest BCUT2D eigenvalue weighted by Crippen LogP contribution is 2.27. The minimum Gasteiger partial charge on any atom is -0.497 e. The van der Waals surface area contributed by atoms with Crippen LogP contribution in [-0.2, 0) is 12.8 Å². The molecule has 0 radical (unpaired) electrons. The van der Waals surface area contributed by atoms with Crippen LogP contribution in [0.3, 0.4) is 0 Å². The molecule has 0 saturated heterocycles. The summed E-state index contributed by atoms with van der Waals surface area (Å²) in [6.45, 7) is 0. The van der Waals surface area contributed by atoms with Gasteiger partial charge in [-0.1, -0.05) is 47.5 Å². The van der Waals surface area contributed by atoms with Crippen LogP contribution < -0.4 is 10.1 Å². The zero-order chi connectivity index (χ0) is 15.2. The Balaban J connectivity index is 2.11. The number of likely N-dealkylation sites (N-methyl/N-ethyl adjacent to an activating group) is 1. The highest BCUT2D eigenvalue weighted by molar-refractivity contribution is 6.42. The summed E-state index contributed by atoms with van der Waals surface area (Å²) in [7, 11) is 3.64. The van der Waals surface area contributed by atoms with E-state index in [1.54, 1.807) is 7.11 Å². The Morgan fingerprint density at radius 3 is 2.57 bits per heavy atom. The molecule has 1 N–H and O–H groups in total. The maximum Gasteiger partial charge on any atom is 0.119 e. The number of nitrogens with one attached hydrogen (secondary N) is 1. The van der Waals surface area contributed by atoms with Crippen LogP contribution in [0.15, 0.2) is 42.5 Å². The van der Waals surface area contributed by atoms with Crippen molar-refractivity contribution >= 4 is 23.2 Å². The molecule has 1 unspecified atom stereocenters. The molecule has 0 spiro atoms. The highest BCUT2D eigenvalue weighted by atomic mass is 35.5. The minimum atomic E-state index is 0.285. The second-order valence-corrected chi connectivity index (χ2v) is 5.74. The first-order chi connectivity index (χ1) is 10.1. The zero-order valence-corrected chi connectivity index (χ0v) is 13.7. The molecule has 21 heavy (non-hydrogen) atoms. The summed E-state index contributed by atoms with van der Waals surface area (Å²) in [6, 6.07) is 14.2. The lowest BCUT2D eigenvalue weighted by Crippen LogP contribution is -2.30. The molecule has 0 heterocycles. The summed E-state index contributed by atoms with van der Waals surface area (Å²) in [5.74, 6) is 0.878. The van der Waals surface area contributed by atoms with Gasteiger partial charge in [-0.15, -0.1) is 0 Å². The second-order valence-electron chi connectivity index (χ2n) is 4.96. The van der Waals surface area contributed by atoms with Gasteiger partial charge in [0, 0.05) is 6.04 Å². The van der Waals surface area contributed by atoms with E-state index in [2.05, 4.69) is 17.4 Å². The molecular weight excluding hydrogens is 305 g/mol. The molecule has 0 aliphatic rings. The van der Waals surface area contributed by atoms with Gasteiger partial charge >= 0.3 is 0 Å². The molecule has 2 nitrogen and oxygen atoms in total. The molecule has 4 heteroatoms. The SMILES string of the molecule is CNC(Cc1cccc(OC)c1)Cc1cccc(Cl)c1Cl. The van der Waals surface area contributed by atoms with Gasteiger partial charge in [-0.25, -0.2) is 0 Å². The Labute approximate surface area is 136 Å². The molecule has 0 aromatic heterocycles. The Kier molecular flexibility index (Phi) is 5.92. The molecule has 0 fully saturated rings. The van der Waals surface area contributed by atoms with Crippen molar-refractivity contribution in [2.24, 2.45) is 0 Å². The lowest BCUT2D eigenvalue weighted by atomic mass is 9.99. The largest absolute Gasteiger partial charge is 0.497 e. The van der Waals surface area contributed by atoms with E-state index in [9.17, 15) is 0 Å². The van der Waals surface area contributed by atoms with Gasteiger partial charge < -0.3 is 10.1 Å². The van der Waals surface area contributed by atoms with Crippen LogP contribution >= 0.6 is 23.2 Å². The van der Waals surface area contributed by atoms with E-state index in [0.29, 0.717) is 10.0 Å². The van der Waals surface area contributed by atoms with Crippen LogP contribution in [0.5, 0.6) is 5.75 Å². The predicted octanol–water partition coefficient (Wildman–Crippen LogP) is 4.38. The average molecular weight is 324 g/mol. The topological polar surface area (TPSA) is 21.3 Å². The first-order valence-electron chi connectivity index (χ1n) is 6.87. The molecule has 0 bridgehead atoms. The number of rotatable bonds is 6. The van der Waals surface area contributed by atoms with E-state index in [-0.39, 0.29) is 6.04 Å². The normalized spacial score (nSPS) is 12.2. The van der Waals surface area contributed by atoms with E-state index in [1.165, 1.54) is 5.56 Å². The van der Waals surface area contributed by atoms with Gasteiger partial charge in [-0.2, -0.15) is 0 Å². The number of hydrogen-bond donors (Lipinski definition) is 1. The van der Waals surface area contributed by atoms with Crippen LogP contribution in [-0.4, -0.2) is 20.2 Å². The Morgan fingerprint density at radius 1 is 1.10 bits per heavy atom. The number of halogens is 2. The number of ether oxygens (including phenoxy) is 1. The van der Waals surface area contributed by atoms with Crippen molar-refractivity contribution in [3.8, 4) is 5.75 Å². The third-order valence-corrected chi connectivity index (χ3v) is 4.38. The maximum atomic E-state index is 6.27. The first-order valence-corrected chi connectivity index (χ1v) is 7.62. The number of benzene rings is 2. The van der Waals surface area contributed by atoms with Gasteiger partial charge in [0.15, 0.2) is 0 Å². The molecule has 112 valence electrons. The predicted molar refractivity (Wildman–Crippen MR) is 89.7 cm³/mol. The molecule has 0 aliphatic heterocycles. The van der Waals surface area contributed by atoms with Gasteiger partial charge in [-0.05, 0) is 49.2 Å². The fourth-order valence-corrected chi connectivity index (χ4v) is 2.73. The molecular formula is C17H19Cl2NO. The van der Waals surface area contributed by atoms with Crippen molar-refractivity contribution in [3.63, 3.8) is 0 Å². The van der Waals surface area contributed by atoms with Crippen LogP contribution in [0.1, 0.15) is 11.1 Å². The van der Waals surface area contributed by atoms with Crippen molar-refractivity contribution < 1.29 is 4.74 Å². The zero-order valence-electron chi connectivity index (χ0n) is 12.2. The summed E-state index contributed by atoms with van der Waals surface area (Å²) in [5.41, 5.74) is 2.29. The summed E-state index contributed by atoms with van der Waals surface area (Å²) in [6.07, 6.45) is 1.73. The van der Waals surface area contributed by atoms with Crippen LogP contribution in [0, 0.1) is 0 Å². The van der Waals surface area contributed by atoms with E-state index < -0.39 is 0 Å². The summed E-state index contributed by atoms with van der Waals surface area (Å²) < 4.78 is 5.26. The molecule has 0 saturated carbocycles. The quantitative estimate of drug-likeness (QED) is 0.852. The Bertz CT molecular complexity index is 601. The highest BCUT2D eigenvalue weighted by Gasteiger charge is 2.12. The summed E-state index contributed by atoms with van der Waals surface area (Å²) >= 11 is 12.3. The molecule has 0 aliphatic carbocycles. The fraction of sp³-hybridized carbons (Fsp3) is 0.294. The van der Waals surface area contributed by atoms with Gasteiger partial charge in [0.1, 0.15) is 5.75 Å². The second kappa shape index (κ2) is 7.69. The smallest absolute Gasteiger partial charge is 0.119 e. The Morgan fingerprint density at radius 2 is 1.86 bits per heavy atom. The van der Waals surface area contributed by atoms with Crippen LogP contribution in [0.2, 0.25) is 10.0 Å². The summed E-state index contributed by atoms with van der Waals surface area (Å²) in [5, 5.41) is 4.59. The molecule has 2 aromatic rings. The third kappa shape index (κ3) is 4.37. The van der Waals surface area contributed by atoms with Crippen molar-refractivity contribution in [1.29, 1.82) is 0 Å². The monoisotopic (exact) mass is 323 g/mol. The molecule has 1 atom stereocenters. The standard InChI is InChI=1S/C17H19Cl2NO/c1-20-14(9-12-5-3-7-15(10-12)21-2)11-13-6-4-8-16(18)17(13)19/h3-8,10,14,20H,9,11H2,1-2H3. The molecule has 0 amide bonds. The third-order valence-electron chi connectivity index (χ3n) is 3.52. The Hall–Kier alpha value is -1.22. The maximum absolute atomic E-state index is 6.27. The van der Waals surface area contributed by atoms with Crippen molar-refractivity contribution in [3.05, 3.63) is 63.6 Å². The van der Waals surface area contributed by atoms with Gasteiger partial charge in [0.25, 0.3) is 0 Å². The van der Waals surface area contributed by atoms with E-state index in [4.69, 9.17) is 27.9 Å². The number of methoxy groups -OCH3 is 1. The first kappa shape index (κ1) is 16.2. The number of hydrogen-bond acceptors (Lipinski definition) is 2. The van der Waals surface area contributed by atoms with Gasteiger partial charge in [-0.3, -0.25) is 0 Å². The van der Waals surface area contributed by atoms with Crippen molar-refractivity contribution in [2.45, 2.75) is 18.9 Å². The van der Waals surface area contributed by atoms with Crippen molar-refractivity contribution in [2.75, 3.05) is 14.2 Å². The summed E-state index contributed by atoms with van der Waals surface area (Å²) in [4.78, 5) is 0. The lowest BCUT2D eigenvalue weighted by molar-refractivity contribution is 0.414. The van der Waals surface area contributed by atoms with E-state index in [0.717, 1.165) is 24.2 Å².